The number of nitrogens with zero attached hydrogens (tertiary/aromatic N) is 1. The molecular formula is C10H5Cl2NOS. The standard InChI is InChI=1S/C10H5Cl2NOS/c11-7-3-1-2-6(10(7)12)8-5-15-9(4-14)13-8/h1-5H. The summed E-state index contributed by atoms with van der Waals surface area (Å²) < 4.78 is 0. The summed E-state index contributed by atoms with van der Waals surface area (Å²) in [6.45, 7) is 0. The van der Waals surface area contributed by atoms with Crippen LogP contribution < -0.4 is 0 Å². The maximum absolute atomic E-state index is 10.5. The van der Waals surface area contributed by atoms with Gasteiger partial charge in [0.05, 0.1) is 15.7 Å². The van der Waals surface area contributed by atoms with Crippen molar-refractivity contribution in [3.63, 3.8) is 0 Å². The molecule has 0 bridgehead atoms. The monoisotopic (exact) mass is 257 g/mol. The van der Waals surface area contributed by atoms with Crippen LogP contribution in [0.15, 0.2) is 23.6 Å². The summed E-state index contributed by atoms with van der Waals surface area (Å²) in [5.74, 6) is 0. The molecule has 1 aromatic heterocycles. The predicted octanol–water partition coefficient (Wildman–Crippen LogP) is 3.93. The normalized spacial score (nSPS) is 10.3. The molecule has 76 valence electrons. The summed E-state index contributed by atoms with van der Waals surface area (Å²) in [7, 11) is 0. The van der Waals surface area contributed by atoms with Gasteiger partial charge in [0.15, 0.2) is 11.3 Å². The van der Waals surface area contributed by atoms with Crippen LogP contribution in [0.5, 0.6) is 0 Å². The van der Waals surface area contributed by atoms with Crippen molar-refractivity contribution >= 4 is 40.8 Å². The molecule has 0 N–H and O–H groups in total. The zero-order chi connectivity index (χ0) is 10.8. The highest BCUT2D eigenvalue weighted by molar-refractivity contribution is 7.11. The Hall–Kier alpha value is -0.900. The third-order valence-corrected chi connectivity index (χ3v) is 3.44. The Morgan fingerprint density at radius 2 is 2.13 bits per heavy atom. The van der Waals surface area contributed by atoms with E-state index in [4.69, 9.17) is 23.2 Å². The maximum Gasteiger partial charge on any atom is 0.178 e. The van der Waals surface area contributed by atoms with Crippen molar-refractivity contribution in [3.05, 3.63) is 38.6 Å². The van der Waals surface area contributed by atoms with Gasteiger partial charge in [-0.2, -0.15) is 0 Å². The topological polar surface area (TPSA) is 30.0 Å². The third-order valence-electron chi connectivity index (χ3n) is 1.85. The summed E-state index contributed by atoms with van der Waals surface area (Å²) >= 11 is 13.2. The molecule has 0 aliphatic rings. The Bertz CT molecular complexity index is 510. The van der Waals surface area contributed by atoms with Crippen molar-refractivity contribution in [3.8, 4) is 11.3 Å². The molecular weight excluding hydrogens is 253 g/mol. The smallest absolute Gasteiger partial charge is 0.178 e. The van der Waals surface area contributed by atoms with Gasteiger partial charge in [0.25, 0.3) is 0 Å². The minimum absolute atomic E-state index is 0.432. The zero-order valence-corrected chi connectivity index (χ0v) is 9.73. The lowest BCUT2D eigenvalue weighted by Crippen LogP contribution is -1.82. The number of thiazole rings is 1. The summed E-state index contributed by atoms with van der Waals surface area (Å²) in [6, 6.07) is 5.32. The Balaban J connectivity index is 2.53. The molecule has 5 heteroatoms. The van der Waals surface area contributed by atoms with Crippen molar-refractivity contribution in [2.75, 3.05) is 0 Å². The summed E-state index contributed by atoms with van der Waals surface area (Å²) in [5, 5.41) is 3.15. The molecule has 0 fully saturated rings. The van der Waals surface area contributed by atoms with Crippen molar-refractivity contribution in [1.82, 2.24) is 4.98 Å². The summed E-state index contributed by atoms with van der Waals surface area (Å²) in [6.07, 6.45) is 0.715. The van der Waals surface area contributed by atoms with Gasteiger partial charge in [-0.15, -0.1) is 11.3 Å². The molecule has 0 spiro atoms. The van der Waals surface area contributed by atoms with E-state index in [-0.39, 0.29) is 0 Å². The van der Waals surface area contributed by atoms with E-state index in [0.717, 1.165) is 5.56 Å². The second kappa shape index (κ2) is 4.31. The first-order chi connectivity index (χ1) is 7.22. The Morgan fingerprint density at radius 3 is 2.80 bits per heavy atom. The second-order valence-corrected chi connectivity index (χ2v) is 4.47. The molecule has 2 nitrogen and oxygen atoms in total. The predicted molar refractivity (Wildman–Crippen MR) is 63.0 cm³/mol. The Labute approximate surface area is 100 Å². The van der Waals surface area contributed by atoms with Gasteiger partial charge in [-0.25, -0.2) is 4.98 Å². The summed E-state index contributed by atoms with van der Waals surface area (Å²) in [4.78, 5) is 14.6. The first-order valence-corrected chi connectivity index (χ1v) is 5.71. The SMILES string of the molecule is O=Cc1nc(-c2cccc(Cl)c2Cl)cs1. The molecule has 1 heterocycles. The van der Waals surface area contributed by atoms with Crippen molar-refractivity contribution < 1.29 is 4.79 Å². The number of aldehydes is 1. The summed E-state index contributed by atoms with van der Waals surface area (Å²) in [5.41, 5.74) is 1.42. The Morgan fingerprint density at radius 1 is 1.33 bits per heavy atom. The van der Waals surface area contributed by atoms with Crippen LogP contribution in [0.4, 0.5) is 0 Å². The number of carbonyl (C=O) groups is 1. The number of carbonyl (C=O) groups excluding carboxylic acids is 1. The minimum Gasteiger partial charge on any atom is -0.295 e. The van der Waals surface area contributed by atoms with Gasteiger partial charge in [-0.1, -0.05) is 35.3 Å². The van der Waals surface area contributed by atoms with Crippen molar-refractivity contribution in [2.45, 2.75) is 0 Å². The minimum atomic E-state index is 0.432. The van der Waals surface area contributed by atoms with E-state index >= 15 is 0 Å². The molecule has 0 atom stereocenters. The molecule has 0 radical (unpaired) electrons. The fourth-order valence-corrected chi connectivity index (χ4v) is 2.18. The van der Waals surface area contributed by atoms with E-state index in [1.165, 1.54) is 11.3 Å². The molecule has 0 saturated carbocycles. The van der Waals surface area contributed by atoms with Gasteiger partial charge in [0.2, 0.25) is 0 Å². The fourth-order valence-electron chi connectivity index (χ4n) is 1.17. The molecule has 2 rings (SSSR count). The van der Waals surface area contributed by atoms with Crippen LogP contribution in [0.3, 0.4) is 0 Å². The molecule has 2 aromatic rings. The van der Waals surface area contributed by atoms with E-state index in [9.17, 15) is 4.79 Å². The number of hydrogen-bond acceptors (Lipinski definition) is 3. The highest BCUT2D eigenvalue weighted by Gasteiger charge is 2.09. The van der Waals surface area contributed by atoms with E-state index in [0.29, 0.717) is 27.0 Å². The van der Waals surface area contributed by atoms with Gasteiger partial charge in [0.1, 0.15) is 0 Å². The highest BCUT2D eigenvalue weighted by Crippen LogP contribution is 2.33. The van der Waals surface area contributed by atoms with E-state index in [1.807, 2.05) is 6.07 Å². The largest absolute Gasteiger partial charge is 0.295 e. The van der Waals surface area contributed by atoms with Crippen LogP contribution in [0.25, 0.3) is 11.3 Å². The average molecular weight is 258 g/mol. The number of rotatable bonds is 2. The third kappa shape index (κ3) is 2.04. The van der Waals surface area contributed by atoms with E-state index in [1.54, 1.807) is 17.5 Å². The molecule has 0 aliphatic carbocycles. The van der Waals surface area contributed by atoms with Gasteiger partial charge >= 0.3 is 0 Å². The van der Waals surface area contributed by atoms with Crippen molar-refractivity contribution in [2.24, 2.45) is 0 Å². The molecule has 0 saturated heterocycles. The number of benzene rings is 1. The van der Waals surface area contributed by atoms with Gasteiger partial charge < -0.3 is 0 Å². The lowest BCUT2D eigenvalue weighted by molar-refractivity contribution is 0.112. The molecule has 0 unspecified atom stereocenters. The van der Waals surface area contributed by atoms with Crippen LogP contribution in [0.1, 0.15) is 9.80 Å². The first-order valence-electron chi connectivity index (χ1n) is 4.07. The van der Waals surface area contributed by atoms with Gasteiger partial charge in [-0.05, 0) is 6.07 Å². The first kappa shape index (κ1) is 10.6. The van der Waals surface area contributed by atoms with Gasteiger partial charge in [0, 0.05) is 10.9 Å². The van der Waals surface area contributed by atoms with Crippen LogP contribution in [0, 0.1) is 0 Å². The number of hydrogen-bond donors (Lipinski definition) is 0. The fraction of sp³-hybridized carbons (Fsp3) is 0. The quantitative estimate of drug-likeness (QED) is 0.764. The maximum atomic E-state index is 10.5. The lowest BCUT2D eigenvalue weighted by atomic mass is 10.2. The molecule has 15 heavy (non-hydrogen) atoms. The zero-order valence-electron chi connectivity index (χ0n) is 7.41. The molecule has 0 aliphatic heterocycles. The Kier molecular flexibility index (Phi) is 3.05. The van der Waals surface area contributed by atoms with Crippen LogP contribution >= 0.6 is 34.5 Å². The lowest BCUT2D eigenvalue weighted by Gasteiger charge is -2.01. The highest BCUT2D eigenvalue weighted by atomic mass is 35.5. The van der Waals surface area contributed by atoms with Crippen molar-refractivity contribution in [1.29, 1.82) is 0 Å². The van der Waals surface area contributed by atoms with Gasteiger partial charge in [-0.3, -0.25) is 4.79 Å². The van der Waals surface area contributed by atoms with Crippen LogP contribution in [-0.4, -0.2) is 11.3 Å². The molecule has 0 amide bonds. The van der Waals surface area contributed by atoms with Crippen LogP contribution in [0.2, 0.25) is 10.0 Å². The number of aromatic nitrogens is 1. The van der Waals surface area contributed by atoms with E-state index < -0.39 is 0 Å². The average Bonchev–Trinajstić information content (AvgIpc) is 2.70. The second-order valence-electron chi connectivity index (χ2n) is 2.79. The number of halogens is 2. The van der Waals surface area contributed by atoms with E-state index in [2.05, 4.69) is 4.98 Å². The molecule has 1 aromatic carbocycles. The van der Waals surface area contributed by atoms with Crippen LogP contribution in [-0.2, 0) is 0 Å².